The Morgan fingerprint density at radius 1 is 1.03 bits per heavy atom. The van der Waals surface area contributed by atoms with Crippen LogP contribution in [0.4, 0.5) is 5.69 Å². The standard InChI is InChI=1S/C29H21Cl2N3O3S/c1-2-17-6-13-25-23(16-17)33-28(37-25)18-7-9-19(10-8-18)32-29(38)34-26(35)15-12-20-11-14-24(36-20)21-4-3-5-22(30)27(21)31/h3-16H,2H2,1H3,(H2,32,34,35,38). The van der Waals surface area contributed by atoms with E-state index in [9.17, 15) is 4.79 Å². The second-order valence-electron chi connectivity index (χ2n) is 8.33. The third kappa shape index (κ3) is 5.81. The molecule has 9 heteroatoms. The molecule has 0 aliphatic rings. The number of amides is 1. The predicted octanol–water partition coefficient (Wildman–Crippen LogP) is 8.15. The normalized spacial score (nSPS) is 11.2. The molecular weight excluding hydrogens is 541 g/mol. The van der Waals surface area contributed by atoms with Crippen LogP contribution in [0.15, 0.2) is 87.7 Å². The van der Waals surface area contributed by atoms with E-state index in [-0.39, 0.29) is 5.11 Å². The molecule has 190 valence electrons. The molecule has 0 atom stereocenters. The molecule has 1 amide bonds. The minimum Gasteiger partial charge on any atom is -0.457 e. The lowest BCUT2D eigenvalue weighted by Gasteiger charge is -2.08. The Labute approximate surface area is 234 Å². The zero-order valence-corrected chi connectivity index (χ0v) is 22.5. The number of nitrogens with one attached hydrogen (secondary N) is 2. The molecule has 0 saturated heterocycles. The van der Waals surface area contributed by atoms with Crippen LogP contribution in [0, 0.1) is 0 Å². The lowest BCUT2D eigenvalue weighted by atomic mass is 10.1. The summed E-state index contributed by atoms with van der Waals surface area (Å²) in [4.78, 5) is 16.9. The van der Waals surface area contributed by atoms with Crippen LogP contribution in [0.5, 0.6) is 0 Å². The molecule has 0 bridgehead atoms. The molecule has 2 heterocycles. The zero-order valence-electron chi connectivity index (χ0n) is 20.1. The number of oxazole rings is 1. The maximum Gasteiger partial charge on any atom is 0.250 e. The van der Waals surface area contributed by atoms with Gasteiger partial charge in [0.25, 0.3) is 0 Å². The molecule has 0 unspecified atom stereocenters. The smallest absolute Gasteiger partial charge is 0.250 e. The maximum absolute atomic E-state index is 12.3. The number of hydrogen-bond acceptors (Lipinski definition) is 5. The maximum atomic E-state index is 12.3. The highest BCUT2D eigenvalue weighted by molar-refractivity contribution is 7.80. The van der Waals surface area contributed by atoms with Crippen molar-refractivity contribution in [2.24, 2.45) is 0 Å². The molecular formula is C29H21Cl2N3O3S. The number of rotatable bonds is 6. The second kappa shape index (κ2) is 11.2. The summed E-state index contributed by atoms with van der Waals surface area (Å²) < 4.78 is 11.6. The van der Waals surface area contributed by atoms with E-state index in [0.717, 1.165) is 23.1 Å². The summed E-state index contributed by atoms with van der Waals surface area (Å²) in [5.41, 5.74) is 4.99. The molecule has 0 radical (unpaired) electrons. The average molecular weight is 562 g/mol. The molecule has 6 nitrogen and oxygen atoms in total. The molecule has 2 aromatic heterocycles. The summed E-state index contributed by atoms with van der Waals surface area (Å²) in [6.07, 6.45) is 3.81. The third-order valence-corrected chi connectivity index (χ3v) is 6.75. The molecule has 0 spiro atoms. The minimum absolute atomic E-state index is 0.159. The fourth-order valence-corrected chi connectivity index (χ4v) is 4.38. The van der Waals surface area contributed by atoms with Crippen molar-refractivity contribution in [1.82, 2.24) is 10.3 Å². The number of benzene rings is 3. The van der Waals surface area contributed by atoms with Crippen LogP contribution in [0.2, 0.25) is 10.0 Å². The molecule has 38 heavy (non-hydrogen) atoms. The van der Waals surface area contributed by atoms with Crippen LogP contribution in [0.3, 0.4) is 0 Å². The van der Waals surface area contributed by atoms with Crippen molar-refractivity contribution in [3.63, 3.8) is 0 Å². The van der Waals surface area contributed by atoms with Gasteiger partial charge in [0.05, 0.1) is 10.0 Å². The van der Waals surface area contributed by atoms with Gasteiger partial charge in [-0.1, -0.05) is 42.3 Å². The van der Waals surface area contributed by atoms with Crippen LogP contribution >= 0.6 is 35.4 Å². The SMILES string of the molecule is CCc1ccc2oc(-c3ccc(NC(=S)NC(=O)C=Cc4ccc(-c5cccc(Cl)c5Cl)o4)cc3)nc2c1. The first kappa shape index (κ1) is 25.7. The minimum atomic E-state index is -0.407. The van der Waals surface area contributed by atoms with E-state index in [1.54, 1.807) is 36.4 Å². The second-order valence-corrected chi connectivity index (χ2v) is 9.53. The van der Waals surface area contributed by atoms with Crippen molar-refractivity contribution >= 4 is 69.3 Å². The van der Waals surface area contributed by atoms with Gasteiger partial charge in [-0.3, -0.25) is 10.1 Å². The van der Waals surface area contributed by atoms with Gasteiger partial charge >= 0.3 is 0 Å². The third-order valence-electron chi connectivity index (χ3n) is 5.73. The van der Waals surface area contributed by atoms with Crippen molar-refractivity contribution < 1.29 is 13.6 Å². The van der Waals surface area contributed by atoms with Crippen LogP contribution in [-0.2, 0) is 11.2 Å². The first-order valence-electron chi connectivity index (χ1n) is 11.7. The first-order valence-corrected chi connectivity index (χ1v) is 12.9. The molecule has 0 fully saturated rings. The average Bonchev–Trinajstić information content (AvgIpc) is 3.56. The van der Waals surface area contributed by atoms with E-state index in [4.69, 9.17) is 44.3 Å². The Morgan fingerprint density at radius 2 is 1.84 bits per heavy atom. The number of carbonyl (C=O) groups is 1. The Morgan fingerprint density at radius 3 is 2.63 bits per heavy atom. The first-order chi connectivity index (χ1) is 18.4. The van der Waals surface area contributed by atoms with Gasteiger partial charge in [-0.15, -0.1) is 0 Å². The largest absolute Gasteiger partial charge is 0.457 e. The number of anilines is 1. The van der Waals surface area contributed by atoms with E-state index in [0.29, 0.717) is 38.7 Å². The topological polar surface area (TPSA) is 80.3 Å². The summed E-state index contributed by atoms with van der Waals surface area (Å²) in [5, 5.41) is 6.60. The van der Waals surface area contributed by atoms with Gasteiger partial charge in [0.15, 0.2) is 10.7 Å². The monoisotopic (exact) mass is 561 g/mol. The van der Waals surface area contributed by atoms with E-state index in [2.05, 4.69) is 22.5 Å². The van der Waals surface area contributed by atoms with Gasteiger partial charge in [-0.05, 0) is 90.9 Å². The predicted molar refractivity (Wildman–Crippen MR) is 156 cm³/mol. The Hall–Kier alpha value is -3.91. The number of halogens is 2. The fourth-order valence-electron chi connectivity index (χ4n) is 3.77. The number of aromatic nitrogens is 1. The van der Waals surface area contributed by atoms with Crippen molar-refractivity contribution in [1.29, 1.82) is 0 Å². The molecule has 2 N–H and O–H groups in total. The van der Waals surface area contributed by atoms with E-state index in [1.165, 1.54) is 11.6 Å². The number of nitrogens with zero attached hydrogens (tertiary/aromatic N) is 1. The summed E-state index contributed by atoms with van der Waals surface area (Å²) in [6.45, 7) is 2.10. The molecule has 0 aliphatic heterocycles. The fraction of sp³-hybridized carbons (Fsp3) is 0.0690. The molecule has 3 aromatic carbocycles. The number of carbonyl (C=O) groups excluding carboxylic acids is 1. The highest BCUT2D eigenvalue weighted by Crippen LogP contribution is 2.34. The number of fused-ring (bicyclic) bond motifs is 1. The van der Waals surface area contributed by atoms with Crippen molar-refractivity contribution in [3.05, 3.63) is 100 Å². The van der Waals surface area contributed by atoms with E-state index >= 15 is 0 Å². The van der Waals surface area contributed by atoms with Gasteiger partial charge in [-0.25, -0.2) is 4.98 Å². The number of thiocarbonyl (C=S) groups is 1. The molecule has 0 aliphatic carbocycles. The lowest BCUT2D eigenvalue weighted by Crippen LogP contribution is -2.32. The number of hydrogen-bond donors (Lipinski definition) is 2. The van der Waals surface area contributed by atoms with E-state index < -0.39 is 5.91 Å². The van der Waals surface area contributed by atoms with Crippen molar-refractivity contribution in [2.75, 3.05) is 5.32 Å². The van der Waals surface area contributed by atoms with Crippen LogP contribution < -0.4 is 10.6 Å². The molecule has 5 aromatic rings. The van der Waals surface area contributed by atoms with Crippen molar-refractivity contribution in [2.45, 2.75) is 13.3 Å². The highest BCUT2D eigenvalue weighted by atomic mass is 35.5. The van der Waals surface area contributed by atoms with E-state index in [1.807, 2.05) is 42.5 Å². The van der Waals surface area contributed by atoms with Crippen LogP contribution in [-0.4, -0.2) is 16.0 Å². The summed E-state index contributed by atoms with van der Waals surface area (Å²) in [5.74, 6) is 1.16. The number of aryl methyl sites for hydroxylation is 1. The van der Waals surface area contributed by atoms with Gasteiger partial charge < -0.3 is 14.2 Å². The Bertz CT molecular complexity index is 1670. The quantitative estimate of drug-likeness (QED) is 0.161. The van der Waals surface area contributed by atoms with Gasteiger partial charge in [-0.2, -0.15) is 0 Å². The lowest BCUT2D eigenvalue weighted by molar-refractivity contribution is -0.115. The van der Waals surface area contributed by atoms with Gasteiger partial charge in [0.2, 0.25) is 11.8 Å². The summed E-state index contributed by atoms with van der Waals surface area (Å²) >= 11 is 17.6. The summed E-state index contributed by atoms with van der Waals surface area (Å²) in [7, 11) is 0. The van der Waals surface area contributed by atoms with Gasteiger partial charge in [0.1, 0.15) is 17.0 Å². The zero-order chi connectivity index (χ0) is 26.6. The van der Waals surface area contributed by atoms with Gasteiger partial charge in [0, 0.05) is 22.9 Å². The number of furan rings is 1. The highest BCUT2D eigenvalue weighted by Gasteiger charge is 2.11. The summed E-state index contributed by atoms with van der Waals surface area (Å²) in [6, 6.07) is 22.2. The Kier molecular flexibility index (Phi) is 7.60. The van der Waals surface area contributed by atoms with Crippen LogP contribution in [0.25, 0.3) is 40.0 Å². The molecule has 0 saturated carbocycles. The van der Waals surface area contributed by atoms with Crippen LogP contribution in [0.1, 0.15) is 18.2 Å². The van der Waals surface area contributed by atoms with Crippen molar-refractivity contribution in [3.8, 4) is 22.8 Å². The Balaban J connectivity index is 1.17. The molecule has 5 rings (SSSR count).